The van der Waals surface area contributed by atoms with Crippen LogP contribution < -0.4 is 15.9 Å². The van der Waals surface area contributed by atoms with Crippen LogP contribution in [0.15, 0.2) is 92.9 Å². The Kier molecular flexibility index (Phi) is 7.69. The van der Waals surface area contributed by atoms with Gasteiger partial charge in [0.2, 0.25) is 0 Å². The fourth-order valence-electron chi connectivity index (χ4n) is 6.01. The molecule has 0 saturated carbocycles. The molecule has 0 bridgehead atoms. The first-order valence-corrected chi connectivity index (χ1v) is 15.3. The number of carbonyl (C=O) groups is 1. The summed E-state index contributed by atoms with van der Waals surface area (Å²) < 4.78 is 52.4. The van der Waals surface area contributed by atoms with Crippen LogP contribution in [-0.2, 0) is 12.7 Å². The van der Waals surface area contributed by atoms with E-state index in [1.54, 1.807) is 30.3 Å². The molecule has 0 aliphatic rings. The molecule has 6 nitrogen and oxygen atoms in total. The molecule has 0 radical (unpaired) electrons. The van der Waals surface area contributed by atoms with Crippen molar-refractivity contribution in [2.75, 3.05) is 6.61 Å². The molecule has 0 aliphatic carbocycles. The fourth-order valence-corrected chi connectivity index (χ4v) is 6.57. The Morgan fingerprint density at radius 1 is 0.723 bits per heavy atom. The number of unbranched alkanes of at least 4 members (excludes halogenated alkanes) is 1. The van der Waals surface area contributed by atoms with E-state index >= 15 is 0 Å². The third-order valence-electron chi connectivity index (χ3n) is 8.32. The summed E-state index contributed by atoms with van der Waals surface area (Å²) in [6, 6.07) is 20.2. The van der Waals surface area contributed by atoms with E-state index in [9.17, 15) is 27.6 Å². The zero-order chi connectivity index (χ0) is 33.0. The lowest BCUT2D eigenvalue weighted by Crippen LogP contribution is -2.33. The summed E-state index contributed by atoms with van der Waals surface area (Å²) in [7, 11) is 0. The molecule has 47 heavy (non-hydrogen) atoms. The smallest absolute Gasteiger partial charge is 0.416 e. The van der Waals surface area contributed by atoms with Gasteiger partial charge < -0.3 is 9.15 Å². The molecule has 2 heterocycles. The number of carbonyl (C=O) groups excluding carboxylic acids is 1. The number of halogens is 5. The standard InChI is InChI=1S/C36H22Cl2F3NO5/c37-28-16-22(17-29(38)27(28)18-43)46-14-2-1-13-42-34(44)24-9-8-23-26-15-20(19-3-6-21(7-4-19)36(39,40)41)5-11-30(26)47-31-12-10-25(35(42)45)32(24)33(23)31/h3-12,15-18H,1-2,13-14H2. The SMILES string of the molecule is O=Cc1c(Cl)cc(OCCCCn2c(=O)c3ccc4oc5ccc(-c6ccc(C(F)(F)F)cc6)cc5c5ccc(c2=O)c3c45)cc1Cl. The average Bonchev–Trinajstić information content (AvgIpc) is 3.05. The molecule has 0 spiro atoms. The van der Waals surface area contributed by atoms with Crippen LogP contribution in [0.3, 0.4) is 0 Å². The molecule has 2 aromatic heterocycles. The van der Waals surface area contributed by atoms with E-state index in [-0.39, 0.29) is 28.8 Å². The summed E-state index contributed by atoms with van der Waals surface area (Å²) in [5.74, 6) is 0.402. The topological polar surface area (TPSA) is 78.5 Å². The van der Waals surface area contributed by atoms with Crippen LogP contribution in [-0.4, -0.2) is 17.5 Å². The van der Waals surface area contributed by atoms with Crippen molar-refractivity contribution in [2.45, 2.75) is 25.6 Å². The zero-order valence-corrected chi connectivity index (χ0v) is 25.8. The van der Waals surface area contributed by atoms with Gasteiger partial charge in [0.15, 0.2) is 6.29 Å². The van der Waals surface area contributed by atoms with Crippen molar-refractivity contribution >= 4 is 73.0 Å². The highest BCUT2D eigenvalue weighted by Gasteiger charge is 2.30. The lowest BCUT2D eigenvalue weighted by Gasteiger charge is -2.15. The van der Waals surface area contributed by atoms with Gasteiger partial charge in [-0.25, -0.2) is 0 Å². The molecule has 0 unspecified atom stereocenters. The van der Waals surface area contributed by atoms with Gasteiger partial charge in [-0.3, -0.25) is 19.0 Å². The molecule has 7 aromatic rings. The Balaban J connectivity index is 1.20. The highest BCUT2D eigenvalue weighted by Crippen LogP contribution is 2.39. The van der Waals surface area contributed by atoms with Crippen molar-refractivity contribution in [1.82, 2.24) is 4.57 Å². The molecule has 7 rings (SSSR count). The summed E-state index contributed by atoms with van der Waals surface area (Å²) in [5, 5.41) is 3.70. The third kappa shape index (κ3) is 5.39. The number of benzene rings is 5. The van der Waals surface area contributed by atoms with E-state index in [0.717, 1.165) is 17.5 Å². The van der Waals surface area contributed by atoms with Crippen LogP contribution in [0, 0.1) is 0 Å². The van der Waals surface area contributed by atoms with Crippen LogP contribution in [0.25, 0.3) is 54.6 Å². The number of hydrogen-bond donors (Lipinski definition) is 0. The summed E-state index contributed by atoms with van der Waals surface area (Å²) in [4.78, 5) is 38.4. The van der Waals surface area contributed by atoms with Gasteiger partial charge in [-0.15, -0.1) is 0 Å². The van der Waals surface area contributed by atoms with Crippen LogP contribution in [0.2, 0.25) is 10.0 Å². The van der Waals surface area contributed by atoms with Crippen molar-refractivity contribution in [3.63, 3.8) is 0 Å². The van der Waals surface area contributed by atoms with Gasteiger partial charge >= 0.3 is 6.18 Å². The Bertz CT molecular complexity index is 2410. The van der Waals surface area contributed by atoms with Crippen molar-refractivity contribution < 1.29 is 27.1 Å². The minimum atomic E-state index is -4.43. The summed E-state index contributed by atoms with van der Waals surface area (Å²) in [6.45, 7) is 0.445. The highest BCUT2D eigenvalue weighted by atomic mass is 35.5. The number of pyridine rings is 1. The molecule has 0 aliphatic heterocycles. The monoisotopic (exact) mass is 675 g/mol. The fraction of sp³-hybridized carbons (Fsp3) is 0.139. The van der Waals surface area contributed by atoms with E-state index < -0.39 is 22.9 Å². The summed E-state index contributed by atoms with van der Waals surface area (Å²) in [5.41, 5.74) is 0.965. The summed E-state index contributed by atoms with van der Waals surface area (Å²) >= 11 is 12.1. The number of nitrogens with zero attached hydrogens (tertiary/aromatic N) is 1. The molecular weight excluding hydrogens is 654 g/mol. The third-order valence-corrected chi connectivity index (χ3v) is 8.95. The first-order chi connectivity index (χ1) is 22.5. The van der Waals surface area contributed by atoms with Gasteiger partial charge in [0.05, 0.1) is 27.8 Å². The second-order valence-electron chi connectivity index (χ2n) is 11.1. The van der Waals surface area contributed by atoms with E-state index in [1.807, 2.05) is 12.1 Å². The predicted octanol–water partition coefficient (Wildman–Crippen LogP) is 9.52. The Morgan fingerprint density at radius 2 is 1.34 bits per heavy atom. The summed E-state index contributed by atoms with van der Waals surface area (Å²) in [6.07, 6.45) is -2.86. The van der Waals surface area contributed by atoms with Gasteiger partial charge in [0.25, 0.3) is 11.1 Å². The van der Waals surface area contributed by atoms with Gasteiger partial charge in [0.1, 0.15) is 16.9 Å². The molecule has 5 aromatic carbocycles. The van der Waals surface area contributed by atoms with Gasteiger partial charge in [0, 0.05) is 33.5 Å². The van der Waals surface area contributed by atoms with Crippen LogP contribution in [0.5, 0.6) is 5.75 Å². The lowest BCUT2D eigenvalue weighted by molar-refractivity contribution is -0.137. The number of aromatic nitrogens is 1. The second kappa shape index (κ2) is 11.7. The van der Waals surface area contributed by atoms with Gasteiger partial charge in [-0.05, 0) is 84.0 Å². The molecule has 236 valence electrons. The normalized spacial score (nSPS) is 12.1. The molecule has 0 amide bonds. The molecular formula is C36H22Cl2F3NO5. The number of fused-ring (bicyclic) bond motifs is 2. The van der Waals surface area contributed by atoms with E-state index in [4.69, 9.17) is 32.4 Å². The first kappa shape index (κ1) is 30.8. The average molecular weight is 676 g/mol. The maximum absolute atomic E-state index is 13.6. The van der Waals surface area contributed by atoms with Crippen LogP contribution >= 0.6 is 23.2 Å². The quantitative estimate of drug-likeness (QED) is 0.0694. The molecule has 0 saturated heterocycles. The second-order valence-corrected chi connectivity index (χ2v) is 12.0. The van der Waals surface area contributed by atoms with Crippen molar-refractivity contribution in [1.29, 1.82) is 0 Å². The number of alkyl halides is 3. The van der Waals surface area contributed by atoms with E-state index in [1.165, 1.54) is 28.8 Å². The van der Waals surface area contributed by atoms with Crippen molar-refractivity contribution in [2.24, 2.45) is 0 Å². The van der Waals surface area contributed by atoms with Gasteiger partial charge in [-0.2, -0.15) is 13.2 Å². The molecule has 11 heteroatoms. The van der Waals surface area contributed by atoms with E-state index in [2.05, 4.69) is 0 Å². The number of hydrogen-bond acceptors (Lipinski definition) is 5. The largest absolute Gasteiger partial charge is 0.493 e. The predicted molar refractivity (Wildman–Crippen MR) is 177 cm³/mol. The van der Waals surface area contributed by atoms with Gasteiger partial charge in [-0.1, -0.05) is 47.5 Å². The Hall–Kier alpha value is -4.86. The maximum Gasteiger partial charge on any atom is 0.416 e. The Labute approximate surface area is 273 Å². The van der Waals surface area contributed by atoms with E-state index in [0.29, 0.717) is 74.1 Å². The first-order valence-electron chi connectivity index (χ1n) is 14.6. The van der Waals surface area contributed by atoms with Crippen molar-refractivity contribution in [3.8, 4) is 16.9 Å². The highest BCUT2D eigenvalue weighted by molar-refractivity contribution is 6.38. The lowest BCUT2D eigenvalue weighted by atomic mass is 9.95. The van der Waals surface area contributed by atoms with Crippen molar-refractivity contribution in [3.05, 3.63) is 121 Å². The Morgan fingerprint density at radius 3 is 2.00 bits per heavy atom. The minimum absolute atomic E-state index is 0.173. The molecule has 0 atom stereocenters. The number of rotatable bonds is 8. The minimum Gasteiger partial charge on any atom is -0.493 e. The van der Waals surface area contributed by atoms with Crippen LogP contribution in [0.1, 0.15) is 28.8 Å². The van der Waals surface area contributed by atoms with Crippen LogP contribution in [0.4, 0.5) is 13.2 Å². The molecule has 0 fully saturated rings. The molecule has 0 N–H and O–H groups in total. The maximum atomic E-state index is 13.6. The number of aldehydes is 1. The zero-order valence-electron chi connectivity index (χ0n) is 24.3. The number of ether oxygens (including phenoxy) is 1.